The largest absolute Gasteiger partial charge is 0.330 e. The molecule has 0 unspecified atom stereocenters. The summed E-state index contributed by atoms with van der Waals surface area (Å²) in [5, 5.41) is 14.7. The van der Waals surface area contributed by atoms with Gasteiger partial charge in [0, 0.05) is 11.4 Å². The average Bonchev–Trinajstić information content (AvgIpc) is 3.17. The van der Waals surface area contributed by atoms with Crippen LogP contribution in [0.3, 0.4) is 0 Å². The number of aromatic nitrogens is 2. The van der Waals surface area contributed by atoms with E-state index in [0.29, 0.717) is 20.7 Å². The third-order valence-corrected chi connectivity index (χ3v) is 7.59. The first-order valence-electron chi connectivity index (χ1n) is 8.91. The fraction of sp³-hybridized carbons (Fsp3) is 0.211. The van der Waals surface area contributed by atoms with Crippen molar-refractivity contribution in [2.45, 2.75) is 23.1 Å². The standard InChI is InChI=1S/C19H21N5O3S3/c1-12-4-7-14(8-5-12)22-18-23-24-19(29-18)28-11-17(25)21-15-9-6-13(2)16(10-15)30(26,27)20-3/h4-10,20H,11H2,1-3H3,(H,21,25)(H,22,23). The number of nitrogens with zero attached hydrogens (tertiary/aromatic N) is 2. The first-order chi connectivity index (χ1) is 14.3. The van der Waals surface area contributed by atoms with Gasteiger partial charge in [0.05, 0.1) is 10.6 Å². The molecule has 158 valence electrons. The van der Waals surface area contributed by atoms with Gasteiger partial charge in [-0.2, -0.15) is 0 Å². The summed E-state index contributed by atoms with van der Waals surface area (Å²) >= 11 is 2.61. The summed E-state index contributed by atoms with van der Waals surface area (Å²) in [6.45, 7) is 3.72. The van der Waals surface area contributed by atoms with Gasteiger partial charge >= 0.3 is 0 Å². The Kier molecular flexibility index (Phi) is 7.08. The minimum atomic E-state index is -3.60. The quantitative estimate of drug-likeness (QED) is 0.438. The molecule has 0 spiro atoms. The van der Waals surface area contributed by atoms with Crippen LogP contribution in [0.5, 0.6) is 0 Å². The van der Waals surface area contributed by atoms with Gasteiger partial charge in [-0.15, -0.1) is 10.2 Å². The number of anilines is 3. The molecule has 0 aliphatic carbocycles. The molecule has 30 heavy (non-hydrogen) atoms. The summed E-state index contributed by atoms with van der Waals surface area (Å²) in [6, 6.07) is 12.7. The van der Waals surface area contributed by atoms with Crippen molar-refractivity contribution < 1.29 is 13.2 Å². The zero-order valence-electron chi connectivity index (χ0n) is 16.6. The van der Waals surface area contributed by atoms with Crippen LogP contribution in [0.2, 0.25) is 0 Å². The van der Waals surface area contributed by atoms with Gasteiger partial charge in [0.15, 0.2) is 4.34 Å². The molecule has 3 aromatic rings. The molecule has 3 rings (SSSR count). The van der Waals surface area contributed by atoms with Crippen molar-refractivity contribution in [3.8, 4) is 0 Å². The summed E-state index contributed by atoms with van der Waals surface area (Å²) in [7, 11) is -2.25. The number of nitrogens with one attached hydrogen (secondary N) is 3. The summed E-state index contributed by atoms with van der Waals surface area (Å²) in [5.41, 5.74) is 3.10. The van der Waals surface area contributed by atoms with E-state index in [1.54, 1.807) is 19.1 Å². The van der Waals surface area contributed by atoms with Crippen molar-refractivity contribution in [1.29, 1.82) is 0 Å². The van der Waals surface area contributed by atoms with Crippen molar-refractivity contribution in [2.75, 3.05) is 23.4 Å². The van der Waals surface area contributed by atoms with E-state index in [1.165, 1.54) is 41.8 Å². The maximum atomic E-state index is 12.3. The van der Waals surface area contributed by atoms with Crippen LogP contribution in [0.4, 0.5) is 16.5 Å². The van der Waals surface area contributed by atoms with Crippen LogP contribution >= 0.6 is 23.1 Å². The van der Waals surface area contributed by atoms with Crippen molar-refractivity contribution in [3.05, 3.63) is 53.6 Å². The van der Waals surface area contributed by atoms with Crippen molar-refractivity contribution >= 4 is 55.5 Å². The second-order valence-electron chi connectivity index (χ2n) is 6.39. The van der Waals surface area contributed by atoms with E-state index in [9.17, 15) is 13.2 Å². The topological polar surface area (TPSA) is 113 Å². The molecule has 3 N–H and O–H groups in total. The van der Waals surface area contributed by atoms with Gasteiger partial charge < -0.3 is 10.6 Å². The Labute approximate surface area is 183 Å². The molecule has 0 fully saturated rings. The van der Waals surface area contributed by atoms with Crippen LogP contribution in [0.1, 0.15) is 11.1 Å². The number of hydrogen-bond donors (Lipinski definition) is 3. The lowest BCUT2D eigenvalue weighted by atomic mass is 10.2. The van der Waals surface area contributed by atoms with Crippen molar-refractivity contribution in [1.82, 2.24) is 14.9 Å². The van der Waals surface area contributed by atoms with E-state index in [-0.39, 0.29) is 16.6 Å². The second kappa shape index (κ2) is 9.56. The molecule has 0 saturated heterocycles. The van der Waals surface area contributed by atoms with Crippen LogP contribution < -0.4 is 15.4 Å². The van der Waals surface area contributed by atoms with Gasteiger partial charge in [-0.05, 0) is 50.7 Å². The Morgan fingerprint density at radius 1 is 1.07 bits per heavy atom. The Balaban J connectivity index is 1.57. The van der Waals surface area contributed by atoms with Gasteiger partial charge in [-0.1, -0.05) is 46.9 Å². The van der Waals surface area contributed by atoms with Gasteiger partial charge in [0.25, 0.3) is 0 Å². The van der Waals surface area contributed by atoms with E-state index in [4.69, 9.17) is 0 Å². The summed E-state index contributed by atoms with van der Waals surface area (Å²) in [6.07, 6.45) is 0. The molecule has 0 aliphatic rings. The second-order valence-corrected chi connectivity index (χ2v) is 10.4. The summed E-state index contributed by atoms with van der Waals surface area (Å²) < 4.78 is 27.1. The number of benzene rings is 2. The molecule has 1 aromatic heterocycles. The first-order valence-corrected chi connectivity index (χ1v) is 12.2. The number of carbonyl (C=O) groups excluding carboxylic acids is 1. The number of aryl methyl sites for hydroxylation is 2. The highest BCUT2D eigenvalue weighted by atomic mass is 32.2. The summed E-state index contributed by atoms with van der Waals surface area (Å²) in [4.78, 5) is 12.4. The number of hydrogen-bond acceptors (Lipinski definition) is 8. The number of amides is 1. The average molecular weight is 464 g/mol. The fourth-order valence-corrected chi connectivity index (χ4v) is 5.05. The van der Waals surface area contributed by atoms with Crippen LogP contribution in [0.15, 0.2) is 51.7 Å². The van der Waals surface area contributed by atoms with Crippen molar-refractivity contribution in [2.24, 2.45) is 0 Å². The Morgan fingerprint density at radius 2 is 1.77 bits per heavy atom. The lowest BCUT2D eigenvalue weighted by Gasteiger charge is -2.10. The van der Waals surface area contributed by atoms with E-state index in [1.807, 2.05) is 31.2 Å². The van der Waals surface area contributed by atoms with Crippen molar-refractivity contribution in [3.63, 3.8) is 0 Å². The predicted octanol–water partition coefficient (Wildman–Crippen LogP) is 3.54. The molecule has 2 aromatic carbocycles. The molecular formula is C19H21N5O3S3. The molecule has 0 aliphatic heterocycles. The molecule has 1 heterocycles. The highest BCUT2D eigenvalue weighted by Gasteiger charge is 2.16. The minimum Gasteiger partial charge on any atom is -0.330 e. The van der Waals surface area contributed by atoms with E-state index in [2.05, 4.69) is 25.6 Å². The van der Waals surface area contributed by atoms with Gasteiger partial charge in [-0.3, -0.25) is 4.79 Å². The smallest absolute Gasteiger partial charge is 0.240 e. The molecule has 11 heteroatoms. The third kappa shape index (κ3) is 5.79. The van der Waals surface area contributed by atoms with E-state index >= 15 is 0 Å². The molecular weight excluding hydrogens is 442 g/mol. The number of thioether (sulfide) groups is 1. The zero-order chi connectivity index (χ0) is 21.7. The van der Waals surface area contributed by atoms with Gasteiger partial charge in [0.2, 0.25) is 21.1 Å². The van der Waals surface area contributed by atoms with E-state index in [0.717, 1.165) is 5.69 Å². The highest BCUT2D eigenvalue weighted by Crippen LogP contribution is 2.28. The Bertz CT molecular complexity index is 1140. The number of sulfonamides is 1. The fourth-order valence-electron chi connectivity index (χ4n) is 2.48. The molecule has 1 amide bonds. The Morgan fingerprint density at radius 3 is 2.47 bits per heavy atom. The van der Waals surface area contributed by atoms with Crippen LogP contribution in [0.25, 0.3) is 0 Å². The Hall–Kier alpha value is -2.47. The third-order valence-electron chi connectivity index (χ3n) is 4.07. The van der Waals surface area contributed by atoms with Crippen LogP contribution in [0, 0.1) is 13.8 Å². The normalized spacial score (nSPS) is 11.3. The summed E-state index contributed by atoms with van der Waals surface area (Å²) in [5.74, 6) is -0.138. The SMILES string of the molecule is CNS(=O)(=O)c1cc(NC(=O)CSc2nnc(Nc3ccc(C)cc3)s2)ccc1C. The number of rotatable bonds is 8. The van der Waals surface area contributed by atoms with Gasteiger partial charge in [-0.25, -0.2) is 13.1 Å². The van der Waals surface area contributed by atoms with E-state index < -0.39 is 10.0 Å². The predicted molar refractivity (Wildman–Crippen MR) is 121 cm³/mol. The maximum Gasteiger partial charge on any atom is 0.240 e. The monoisotopic (exact) mass is 463 g/mol. The minimum absolute atomic E-state index is 0.126. The lowest BCUT2D eigenvalue weighted by Crippen LogP contribution is -2.20. The van der Waals surface area contributed by atoms with Crippen LogP contribution in [-0.2, 0) is 14.8 Å². The number of carbonyl (C=O) groups is 1. The molecule has 0 atom stereocenters. The maximum absolute atomic E-state index is 12.3. The molecule has 0 radical (unpaired) electrons. The first kappa shape index (κ1) is 22.2. The van der Waals surface area contributed by atoms with Crippen LogP contribution in [-0.4, -0.2) is 37.3 Å². The molecule has 8 nitrogen and oxygen atoms in total. The molecule has 0 saturated carbocycles. The highest BCUT2D eigenvalue weighted by molar-refractivity contribution is 8.01. The lowest BCUT2D eigenvalue weighted by molar-refractivity contribution is -0.113. The van der Waals surface area contributed by atoms with Gasteiger partial charge in [0.1, 0.15) is 0 Å². The molecule has 0 bridgehead atoms. The zero-order valence-corrected chi connectivity index (χ0v) is 19.0.